The van der Waals surface area contributed by atoms with Crippen molar-refractivity contribution in [2.75, 3.05) is 6.61 Å². The van der Waals surface area contributed by atoms with Crippen molar-refractivity contribution in [1.29, 1.82) is 0 Å². The molecule has 2 heterocycles. The van der Waals surface area contributed by atoms with Gasteiger partial charge in [-0.1, -0.05) is 36.4 Å². The summed E-state index contributed by atoms with van der Waals surface area (Å²) in [6.45, 7) is 2.40. The van der Waals surface area contributed by atoms with Gasteiger partial charge in [-0.05, 0) is 38.1 Å². The van der Waals surface area contributed by atoms with E-state index in [0.29, 0.717) is 0 Å². The Hall–Kier alpha value is -4.05. The predicted molar refractivity (Wildman–Crippen MR) is 122 cm³/mol. The lowest BCUT2D eigenvalue weighted by molar-refractivity contribution is -0.122. The summed E-state index contributed by atoms with van der Waals surface area (Å²) in [6, 6.07) is 16.1. The summed E-state index contributed by atoms with van der Waals surface area (Å²) >= 11 is 0. The number of H-pyrrole nitrogens is 1. The minimum Gasteiger partial charge on any atom is -0.459 e. The van der Waals surface area contributed by atoms with E-state index in [1.807, 2.05) is 0 Å². The van der Waals surface area contributed by atoms with E-state index in [1.165, 1.54) is 26.0 Å². The molecule has 1 N–H and O–H groups in total. The van der Waals surface area contributed by atoms with Crippen LogP contribution in [0.15, 0.2) is 76.4 Å². The lowest BCUT2D eigenvalue weighted by Gasteiger charge is -2.29. The number of aromatic amines is 1. The highest BCUT2D eigenvalue weighted by molar-refractivity contribution is 5.90. The van der Waals surface area contributed by atoms with E-state index in [1.54, 1.807) is 48.5 Å². The molecule has 3 aromatic rings. The molecular weight excluding hydrogens is 459 g/mol. The molecule has 0 amide bonds. The number of carbonyl (C=O) groups is 2. The number of nitrogens with one attached hydrogen (secondary N) is 1. The molecule has 9 nitrogen and oxygen atoms in total. The molecule has 0 saturated carbocycles. The summed E-state index contributed by atoms with van der Waals surface area (Å²) in [6.07, 6.45) is -3.95. The Bertz CT molecular complexity index is 1340. The first kappa shape index (κ1) is 24.1. The minimum atomic E-state index is -2.02. The molecule has 0 radical (unpaired) electrons. The predicted octanol–water partition coefficient (Wildman–Crippen LogP) is 2.55. The first-order chi connectivity index (χ1) is 16.7. The van der Waals surface area contributed by atoms with Crippen molar-refractivity contribution in [2.24, 2.45) is 0 Å². The fraction of sp³-hybridized carbons (Fsp3) is 0.280. The van der Waals surface area contributed by atoms with Gasteiger partial charge in [0.1, 0.15) is 12.2 Å². The third kappa shape index (κ3) is 4.92. The van der Waals surface area contributed by atoms with Gasteiger partial charge in [-0.3, -0.25) is 14.3 Å². The van der Waals surface area contributed by atoms with Crippen molar-refractivity contribution in [2.45, 2.75) is 38.0 Å². The maximum Gasteiger partial charge on any atom is 0.338 e. The second kappa shape index (κ2) is 9.67. The second-order valence-corrected chi connectivity index (χ2v) is 8.38. The minimum absolute atomic E-state index is 0.155. The highest BCUT2D eigenvalue weighted by Crippen LogP contribution is 2.41. The van der Waals surface area contributed by atoms with Crippen molar-refractivity contribution in [3.05, 3.63) is 104 Å². The smallest absolute Gasteiger partial charge is 0.338 e. The highest BCUT2D eigenvalue weighted by Gasteiger charge is 2.57. The molecule has 0 spiro atoms. The number of aromatic nitrogens is 2. The summed E-state index contributed by atoms with van der Waals surface area (Å²) in [5.74, 6) is -1.49. The van der Waals surface area contributed by atoms with E-state index in [4.69, 9.17) is 14.2 Å². The summed E-state index contributed by atoms with van der Waals surface area (Å²) in [5.41, 5.74) is -2.56. The van der Waals surface area contributed by atoms with Crippen molar-refractivity contribution < 1.29 is 28.2 Å². The molecule has 10 heteroatoms. The highest BCUT2D eigenvalue weighted by atomic mass is 19.1. The number of alkyl halides is 1. The molecule has 1 aliphatic heterocycles. The van der Waals surface area contributed by atoms with E-state index in [9.17, 15) is 19.2 Å². The topological polar surface area (TPSA) is 117 Å². The van der Waals surface area contributed by atoms with Crippen LogP contribution in [0, 0.1) is 6.92 Å². The molecule has 4 rings (SSSR count). The average molecular weight is 482 g/mol. The molecule has 1 fully saturated rings. The SMILES string of the molecule is Cc1cn([C@@H]2O[C@](C)(COC(=O)c3ccccc3)[C@@H](OC(=O)c3ccccc3)[C@H]2F)c(=O)[nH]c1=O. The number of benzene rings is 2. The summed E-state index contributed by atoms with van der Waals surface area (Å²) < 4.78 is 33.4. The van der Waals surface area contributed by atoms with Crippen molar-refractivity contribution in [1.82, 2.24) is 9.55 Å². The number of hydrogen-bond acceptors (Lipinski definition) is 7. The molecule has 0 bridgehead atoms. The normalized spacial score (nSPS) is 23.6. The molecule has 4 atom stereocenters. The van der Waals surface area contributed by atoms with Crippen molar-refractivity contribution in [3.8, 4) is 0 Å². The maximum absolute atomic E-state index is 15.8. The molecule has 1 aliphatic rings. The van der Waals surface area contributed by atoms with Crippen LogP contribution in [-0.4, -0.2) is 46.0 Å². The van der Waals surface area contributed by atoms with Crippen LogP contribution in [0.1, 0.15) is 39.4 Å². The van der Waals surface area contributed by atoms with Crippen LogP contribution < -0.4 is 11.2 Å². The number of ether oxygens (including phenoxy) is 3. The largest absolute Gasteiger partial charge is 0.459 e. The molecule has 2 aromatic carbocycles. The number of carbonyl (C=O) groups excluding carboxylic acids is 2. The van der Waals surface area contributed by atoms with Gasteiger partial charge in [0.25, 0.3) is 5.56 Å². The monoisotopic (exact) mass is 482 g/mol. The van der Waals surface area contributed by atoms with Crippen LogP contribution >= 0.6 is 0 Å². The van der Waals surface area contributed by atoms with Crippen LogP contribution in [0.4, 0.5) is 4.39 Å². The molecule has 182 valence electrons. The van der Waals surface area contributed by atoms with Gasteiger partial charge in [-0.15, -0.1) is 0 Å². The van der Waals surface area contributed by atoms with Crippen LogP contribution in [0.25, 0.3) is 0 Å². The van der Waals surface area contributed by atoms with E-state index in [0.717, 1.165) is 10.8 Å². The summed E-state index contributed by atoms with van der Waals surface area (Å²) in [7, 11) is 0. The number of aryl methyl sites for hydroxylation is 1. The van der Waals surface area contributed by atoms with Crippen LogP contribution in [-0.2, 0) is 14.2 Å². The van der Waals surface area contributed by atoms with Crippen LogP contribution in [0.5, 0.6) is 0 Å². The van der Waals surface area contributed by atoms with Crippen LogP contribution in [0.2, 0.25) is 0 Å². The lowest BCUT2D eigenvalue weighted by atomic mass is 9.98. The van der Waals surface area contributed by atoms with E-state index in [-0.39, 0.29) is 16.7 Å². The van der Waals surface area contributed by atoms with E-state index >= 15 is 4.39 Å². The Morgan fingerprint density at radius 3 is 2.20 bits per heavy atom. The second-order valence-electron chi connectivity index (χ2n) is 8.38. The van der Waals surface area contributed by atoms with Gasteiger partial charge in [0.15, 0.2) is 18.5 Å². The third-order valence-electron chi connectivity index (χ3n) is 5.72. The first-order valence-corrected chi connectivity index (χ1v) is 10.8. The fourth-order valence-corrected chi connectivity index (χ4v) is 3.81. The number of rotatable bonds is 6. The number of esters is 2. The van der Waals surface area contributed by atoms with Gasteiger partial charge < -0.3 is 14.2 Å². The first-order valence-electron chi connectivity index (χ1n) is 10.8. The number of hydrogen-bond donors (Lipinski definition) is 1. The average Bonchev–Trinajstić information content (AvgIpc) is 3.11. The fourth-order valence-electron chi connectivity index (χ4n) is 3.81. The lowest BCUT2D eigenvalue weighted by Crippen LogP contribution is -2.46. The van der Waals surface area contributed by atoms with Gasteiger partial charge in [0, 0.05) is 11.8 Å². The Morgan fingerprint density at radius 2 is 1.60 bits per heavy atom. The van der Waals surface area contributed by atoms with Gasteiger partial charge >= 0.3 is 17.6 Å². The van der Waals surface area contributed by atoms with Gasteiger partial charge in [-0.2, -0.15) is 0 Å². The molecular formula is C25H23FN2O7. The Balaban J connectivity index is 1.64. The van der Waals surface area contributed by atoms with Gasteiger partial charge in [-0.25, -0.2) is 18.8 Å². The standard InChI is InChI=1S/C25H23FN2O7/c1-15-13-28(24(32)27-20(15)29)21-18(26)19(34-23(31)17-11-7-4-8-12-17)25(2,35-21)14-33-22(30)16-9-5-3-6-10-16/h3-13,18-19,21H,14H2,1-2H3,(H,27,29,32)/t18-,19+,21-,25-/m1/s1. The Labute approximate surface area is 199 Å². The summed E-state index contributed by atoms with van der Waals surface area (Å²) in [5, 5.41) is 0. The number of nitrogens with zero attached hydrogens (tertiary/aromatic N) is 1. The van der Waals surface area contributed by atoms with Gasteiger partial charge in [0.05, 0.1) is 11.1 Å². The van der Waals surface area contributed by atoms with Crippen LogP contribution in [0.3, 0.4) is 0 Å². The van der Waals surface area contributed by atoms with Crippen molar-refractivity contribution in [3.63, 3.8) is 0 Å². The quantitative estimate of drug-likeness (QED) is 0.537. The zero-order valence-electron chi connectivity index (χ0n) is 19.0. The van der Waals surface area contributed by atoms with Crippen molar-refractivity contribution >= 4 is 11.9 Å². The maximum atomic E-state index is 15.8. The Morgan fingerprint density at radius 1 is 1.03 bits per heavy atom. The van der Waals surface area contributed by atoms with E-state index in [2.05, 4.69) is 4.98 Å². The molecule has 1 saturated heterocycles. The molecule has 0 aliphatic carbocycles. The third-order valence-corrected chi connectivity index (χ3v) is 5.72. The molecule has 0 unspecified atom stereocenters. The molecule has 35 heavy (non-hydrogen) atoms. The number of halogens is 1. The summed E-state index contributed by atoms with van der Waals surface area (Å²) in [4.78, 5) is 51.5. The Kier molecular flexibility index (Phi) is 6.65. The van der Waals surface area contributed by atoms with E-state index < -0.39 is 53.9 Å². The van der Waals surface area contributed by atoms with Gasteiger partial charge in [0.2, 0.25) is 0 Å². The zero-order valence-corrected chi connectivity index (χ0v) is 19.0. The zero-order chi connectivity index (χ0) is 25.2. The molecule has 1 aromatic heterocycles.